The monoisotopic (exact) mass is 213 g/mol. The fraction of sp³-hybridized carbons (Fsp3) is 1.00. The van der Waals surface area contributed by atoms with E-state index in [1.807, 2.05) is 0 Å². The van der Waals surface area contributed by atoms with Gasteiger partial charge in [-0.1, -0.05) is 41.5 Å². The molecule has 1 unspecified atom stereocenters. The second-order valence-electron chi connectivity index (χ2n) is 6.40. The zero-order chi connectivity index (χ0) is 12.1. The Morgan fingerprint density at radius 3 is 1.87 bits per heavy atom. The predicted molar refractivity (Wildman–Crippen MR) is 70.2 cm³/mol. The van der Waals surface area contributed by atoms with E-state index in [9.17, 15) is 0 Å². The maximum Gasteiger partial charge on any atom is 0.00390 e. The average molecular weight is 213 g/mol. The van der Waals surface area contributed by atoms with E-state index in [2.05, 4.69) is 53.8 Å². The lowest BCUT2D eigenvalue weighted by molar-refractivity contribution is 0.227. The van der Waals surface area contributed by atoms with Gasteiger partial charge >= 0.3 is 0 Å². The Morgan fingerprint density at radius 2 is 1.47 bits per heavy atom. The second kappa shape index (κ2) is 6.52. The van der Waals surface area contributed by atoms with E-state index in [4.69, 9.17) is 0 Å². The summed E-state index contributed by atoms with van der Waals surface area (Å²) in [7, 11) is 0. The molecule has 1 N–H and O–H groups in total. The molecular weight excluding hydrogens is 182 g/mol. The highest BCUT2D eigenvalue weighted by molar-refractivity contribution is 4.76. The number of rotatable bonds is 7. The summed E-state index contributed by atoms with van der Waals surface area (Å²) >= 11 is 0. The molecule has 1 heteroatoms. The van der Waals surface area contributed by atoms with Crippen molar-refractivity contribution in [3.05, 3.63) is 0 Å². The SMILES string of the molecule is CC(C)CCC(C)NCC(C)(C)C(C)C. The smallest absolute Gasteiger partial charge is 0.00390 e. The molecule has 0 radical (unpaired) electrons. The van der Waals surface area contributed by atoms with Crippen LogP contribution in [0.2, 0.25) is 0 Å². The molecule has 0 aromatic rings. The van der Waals surface area contributed by atoms with Gasteiger partial charge < -0.3 is 5.32 Å². The highest BCUT2D eigenvalue weighted by atomic mass is 14.9. The van der Waals surface area contributed by atoms with Gasteiger partial charge in [0.1, 0.15) is 0 Å². The van der Waals surface area contributed by atoms with Crippen LogP contribution in [0.5, 0.6) is 0 Å². The highest BCUT2D eigenvalue weighted by Crippen LogP contribution is 2.25. The van der Waals surface area contributed by atoms with Crippen molar-refractivity contribution in [3.8, 4) is 0 Å². The summed E-state index contributed by atoms with van der Waals surface area (Å²) in [6.45, 7) is 17.3. The first-order valence-electron chi connectivity index (χ1n) is 6.49. The molecule has 0 rings (SSSR count). The zero-order valence-electron chi connectivity index (χ0n) is 11.9. The predicted octanol–water partition coefficient (Wildman–Crippen LogP) is 4.08. The van der Waals surface area contributed by atoms with Crippen LogP contribution in [0.3, 0.4) is 0 Å². The summed E-state index contributed by atoms with van der Waals surface area (Å²) in [6.07, 6.45) is 2.63. The maximum atomic E-state index is 3.66. The van der Waals surface area contributed by atoms with Crippen molar-refractivity contribution in [1.29, 1.82) is 0 Å². The highest BCUT2D eigenvalue weighted by Gasteiger charge is 2.22. The molecule has 0 aromatic carbocycles. The third kappa shape index (κ3) is 6.94. The largest absolute Gasteiger partial charge is 0.314 e. The van der Waals surface area contributed by atoms with Gasteiger partial charge in [0.15, 0.2) is 0 Å². The van der Waals surface area contributed by atoms with Gasteiger partial charge in [0, 0.05) is 12.6 Å². The minimum Gasteiger partial charge on any atom is -0.314 e. The van der Waals surface area contributed by atoms with Gasteiger partial charge in [-0.2, -0.15) is 0 Å². The summed E-state index contributed by atoms with van der Waals surface area (Å²) in [4.78, 5) is 0. The third-order valence-electron chi connectivity index (χ3n) is 3.65. The molecular formula is C14H31N. The molecule has 0 aliphatic carbocycles. The Kier molecular flexibility index (Phi) is 6.51. The molecule has 15 heavy (non-hydrogen) atoms. The first kappa shape index (κ1) is 15.0. The van der Waals surface area contributed by atoms with Crippen LogP contribution in [-0.2, 0) is 0 Å². The topological polar surface area (TPSA) is 12.0 Å². The van der Waals surface area contributed by atoms with Gasteiger partial charge in [-0.15, -0.1) is 0 Å². The van der Waals surface area contributed by atoms with Crippen molar-refractivity contribution >= 4 is 0 Å². The molecule has 1 nitrogen and oxygen atoms in total. The Bertz CT molecular complexity index is 159. The van der Waals surface area contributed by atoms with Crippen LogP contribution in [0.4, 0.5) is 0 Å². The molecule has 0 bridgehead atoms. The summed E-state index contributed by atoms with van der Waals surface area (Å²) in [6, 6.07) is 0.658. The van der Waals surface area contributed by atoms with E-state index in [-0.39, 0.29) is 0 Å². The molecule has 0 amide bonds. The van der Waals surface area contributed by atoms with E-state index in [1.165, 1.54) is 12.8 Å². The lowest BCUT2D eigenvalue weighted by atomic mass is 9.81. The van der Waals surface area contributed by atoms with Crippen molar-refractivity contribution in [2.24, 2.45) is 17.3 Å². The van der Waals surface area contributed by atoms with Crippen molar-refractivity contribution < 1.29 is 0 Å². The van der Waals surface area contributed by atoms with Crippen LogP contribution < -0.4 is 5.32 Å². The molecule has 0 fully saturated rings. The minimum atomic E-state index is 0.409. The molecule has 0 saturated heterocycles. The van der Waals surface area contributed by atoms with Crippen molar-refractivity contribution in [2.45, 2.75) is 67.3 Å². The van der Waals surface area contributed by atoms with Crippen molar-refractivity contribution in [1.82, 2.24) is 5.32 Å². The normalized spacial score (nSPS) is 15.0. The van der Waals surface area contributed by atoms with E-state index >= 15 is 0 Å². The summed E-state index contributed by atoms with van der Waals surface area (Å²) in [5.41, 5.74) is 0.409. The zero-order valence-corrected chi connectivity index (χ0v) is 11.9. The van der Waals surface area contributed by atoms with Gasteiger partial charge in [-0.05, 0) is 37.0 Å². The van der Waals surface area contributed by atoms with E-state index < -0.39 is 0 Å². The molecule has 0 aliphatic rings. The number of nitrogens with one attached hydrogen (secondary N) is 1. The summed E-state index contributed by atoms with van der Waals surface area (Å²) in [5.74, 6) is 1.56. The Labute approximate surface area is 97.0 Å². The van der Waals surface area contributed by atoms with Crippen LogP contribution in [-0.4, -0.2) is 12.6 Å². The standard InChI is InChI=1S/C14H31N/c1-11(2)8-9-13(5)15-10-14(6,7)12(3)4/h11-13,15H,8-10H2,1-7H3. The van der Waals surface area contributed by atoms with Gasteiger partial charge in [-0.3, -0.25) is 0 Å². The maximum absolute atomic E-state index is 3.66. The number of hydrogen-bond donors (Lipinski definition) is 1. The fourth-order valence-electron chi connectivity index (χ4n) is 1.33. The van der Waals surface area contributed by atoms with Gasteiger partial charge in [0.25, 0.3) is 0 Å². The summed E-state index contributed by atoms with van der Waals surface area (Å²) in [5, 5.41) is 3.66. The molecule has 0 aliphatic heterocycles. The first-order valence-corrected chi connectivity index (χ1v) is 6.49. The fourth-order valence-corrected chi connectivity index (χ4v) is 1.33. The lowest BCUT2D eigenvalue weighted by Crippen LogP contribution is -2.38. The van der Waals surface area contributed by atoms with Crippen molar-refractivity contribution in [2.75, 3.05) is 6.54 Å². The molecule has 0 spiro atoms. The molecule has 92 valence electrons. The molecule has 1 atom stereocenters. The van der Waals surface area contributed by atoms with Crippen molar-refractivity contribution in [3.63, 3.8) is 0 Å². The van der Waals surface area contributed by atoms with Crippen LogP contribution in [0.15, 0.2) is 0 Å². The quantitative estimate of drug-likeness (QED) is 0.672. The second-order valence-corrected chi connectivity index (χ2v) is 6.40. The summed E-state index contributed by atoms with van der Waals surface area (Å²) < 4.78 is 0. The average Bonchev–Trinajstić information content (AvgIpc) is 2.11. The Balaban J connectivity index is 3.75. The Morgan fingerprint density at radius 1 is 0.933 bits per heavy atom. The van der Waals surface area contributed by atoms with Gasteiger partial charge in [0.05, 0.1) is 0 Å². The lowest BCUT2D eigenvalue weighted by Gasteiger charge is -2.31. The van der Waals surface area contributed by atoms with E-state index in [0.717, 1.165) is 18.4 Å². The van der Waals surface area contributed by atoms with Crippen LogP contribution in [0, 0.1) is 17.3 Å². The third-order valence-corrected chi connectivity index (χ3v) is 3.65. The van der Waals surface area contributed by atoms with Gasteiger partial charge in [-0.25, -0.2) is 0 Å². The molecule has 0 heterocycles. The van der Waals surface area contributed by atoms with Gasteiger partial charge in [0.2, 0.25) is 0 Å². The molecule has 0 saturated carbocycles. The van der Waals surface area contributed by atoms with Crippen LogP contribution >= 0.6 is 0 Å². The van der Waals surface area contributed by atoms with Crippen LogP contribution in [0.1, 0.15) is 61.3 Å². The van der Waals surface area contributed by atoms with E-state index in [1.54, 1.807) is 0 Å². The van der Waals surface area contributed by atoms with Crippen LogP contribution in [0.25, 0.3) is 0 Å². The Hall–Kier alpha value is -0.0400. The first-order chi connectivity index (χ1) is 6.75. The minimum absolute atomic E-state index is 0.409. The number of hydrogen-bond acceptors (Lipinski definition) is 1. The molecule has 0 aromatic heterocycles. The van der Waals surface area contributed by atoms with E-state index in [0.29, 0.717) is 11.5 Å².